The Balaban J connectivity index is 3.00. The molecular weight excluding hydrogens is 256 g/mol. The molecule has 20 heavy (non-hydrogen) atoms. The molecule has 3 N–H and O–H groups in total. The van der Waals surface area contributed by atoms with Gasteiger partial charge in [0.2, 0.25) is 5.91 Å². The molecule has 1 rings (SSSR count). The van der Waals surface area contributed by atoms with E-state index in [0.717, 1.165) is 0 Å². The molecule has 0 aliphatic heterocycles. The van der Waals surface area contributed by atoms with Crippen LogP contribution >= 0.6 is 0 Å². The summed E-state index contributed by atoms with van der Waals surface area (Å²) in [5.74, 6) is 1.17. The first kappa shape index (κ1) is 16.3. The quantitative estimate of drug-likeness (QED) is 0.804. The molecule has 0 bridgehead atoms. The first-order chi connectivity index (χ1) is 9.44. The first-order valence-electron chi connectivity index (χ1n) is 6.85. The van der Waals surface area contributed by atoms with E-state index in [1.165, 1.54) is 0 Å². The number of nitrogens with two attached hydrogens (primary N) is 1. The minimum Gasteiger partial charge on any atom is -0.494 e. The molecule has 0 fully saturated rings. The number of rotatable bonds is 7. The van der Waals surface area contributed by atoms with Gasteiger partial charge in [0.15, 0.2) is 0 Å². The van der Waals surface area contributed by atoms with E-state index < -0.39 is 5.41 Å². The minimum absolute atomic E-state index is 0.144. The van der Waals surface area contributed by atoms with Crippen molar-refractivity contribution < 1.29 is 14.3 Å². The first-order valence-corrected chi connectivity index (χ1v) is 6.85. The van der Waals surface area contributed by atoms with Crippen molar-refractivity contribution in [1.82, 2.24) is 0 Å². The zero-order valence-corrected chi connectivity index (χ0v) is 12.7. The molecule has 0 saturated heterocycles. The number of ether oxygens (including phenoxy) is 2. The van der Waals surface area contributed by atoms with E-state index in [2.05, 4.69) is 5.32 Å². The Morgan fingerprint density at radius 2 is 1.90 bits per heavy atom. The highest BCUT2D eigenvalue weighted by Gasteiger charge is 2.26. The lowest BCUT2D eigenvalue weighted by Crippen LogP contribution is -2.37. The third-order valence-electron chi connectivity index (χ3n) is 2.94. The van der Waals surface area contributed by atoms with Gasteiger partial charge >= 0.3 is 0 Å². The molecule has 5 heteroatoms. The van der Waals surface area contributed by atoms with E-state index >= 15 is 0 Å². The molecule has 0 spiro atoms. The summed E-state index contributed by atoms with van der Waals surface area (Å²) >= 11 is 0. The Hall–Kier alpha value is -1.75. The Morgan fingerprint density at radius 3 is 2.45 bits per heavy atom. The van der Waals surface area contributed by atoms with Crippen LogP contribution in [-0.2, 0) is 4.79 Å². The maximum absolute atomic E-state index is 12.2. The SMILES string of the molecule is CCOc1ccc(OCC)c(NC(=O)C(C)(C)CN)c1. The number of carbonyl (C=O) groups is 1. The molecule has 5 nitrogen and oxygen atoms in total. The van der Waals surface area contributed by atoms with E-state index in [-0.39, 0.29) is 12.5 Å². The van der Waals surface area contributed by atoms with Crippen molar-refractivity contribution in [2.45, 2.75) is 27.7 Å². The van der Waals surface area contributed by atoms with Gasteiger partial charge in [-0.2, -0.15) is 0 Å². The van der Waals surface area contributed by atoms with Gasteiger partial charge in [-0.05, 0) is 39.8 Å². The van der Waals surface area contributed by atoms with Crippen LogP contribution in [-0.4, -0.2) is 25.7 Å². The summed E-state index contributed by atoms with van der Waals surface area (Å²) in [7, 11) is 0. The maximum atomic E-state index is 12.2. The van der Waals surface area contributed by atoms with Crippen molar-refractivity contribution in [3.8, 4) is 11.5 Å². The monoisotopic (exact) mass is 280 g/mol. The van der Waals surface area contributed by atoms with Crippen LogP contribution in [0.25, 0.3) is 0 Å². The standard InChI is InChI=1S/C15H24N2O3/c1-5-19-11-7-8-13(20-6-2)12(9-11)17-14(18)15(3,4)10-16/h7-9H,5-6,10,16H2,1-4H3,(H,17,18). The number of amides is 1. The Bertz CT molecular complexity index is 458. The van der Waals surface area contributed by atoms with Crippen LogP contribution in [0.2, 0.25) is 0 Å². The summed E-state index contributed by atoms with van der Waals surface area (Å²) in [6, 6.07) is 5.37. The van der Waals surface area contributed by atoms with Gasteiger partial charge < -0.3 is 20.5 Å². The van der Waals surface area contributed by atoms with Crippen molar-refractivity contribution in [3.63, 3.8) is 0 Å². The number of anilines is 1. The zero-order chi connectivity index (χ0) is 15.2. The van der Waals surface area contributed by atoms with Gasteiger partial charge in [-0.15, -0.1) is 0 Å². The molecule has 1 amide bonds. The Kier molecular flexibility index (Phi) is 5.82. The highest BCUT2D eigenvalue weighted by molar-refractivity contribution is 5.96. The highest BCUT2D eigenvalue weighted by atomic mass is 16.5. The predicted octanol–water partition coefficient (Wildman–Crippen LogP) is 2.41. The Labute approximate surface area is 120 Å². The highest BCUT2D eigenvalue weighted by Crippen LogP contribution is 2.30. The number of carbonyl (C=O) groups excluding carboxylic acids is 1. The molecule has 0 atom stereocenters. The lowest BCUT2D eigenvalue weighted by Gasteiger charge is -2.22. The average Bonchev–Trinajstić information content (AvgIpc) is 2.42. The van der Waals surface area contributed by atoms with Gasteiger partial charge in [-0.25, -0.2) is 0 Å². The largest absolute Gasteiger partial charge is 0.494 e. The van der Waals surface area contributed by atoms with Crippen LogP contribution in [0.15, 0.2) is 18.2 Å². The van der Waals surface area contributed by atoms with Crippen molar-refractivity contribution in [1.29, 1.82) is 0 Å². The van der Waals surface area contributed by atoms with Gasteiger partial charge in [0.25, 0.3) is 0 Å². The average molecular weight is 280 g/mol. The summed E-state index contributed by atoms with van der Waals surface area (Å²) in [5, 5.41) is 2.86. The number of hydrogen-bond donors (Lipinski definition) is 2. The fourth-order valence-corrected chi connectivity index (χ4v) is 1.53. The summed E-state index contributed by atoms with van der Waals surface area (Å²) in [6.45, 7) is 8.77. The third kappa shape index (κ3) is 4.13. The van der Waals surface area contributed by atoms with E-state index in [0.29, 0.717) is 30.4 Å². The summed E-state index contributed by atoms with van der Waals surface area (Å²) in [6.07, 6.45) is 0. The van der Waals surface area contributed by atoms with Crippen LogP contribution in [0.1, 0.15) is 27.7 Å². The Morgan fingerprint density at radius 1 is 1.25 bits per heavy atom. The number of benzene rings is 1. The second kappa shape index (κ2) is 7.14. The summed E-state index contributed by atoms with van der Waals surface area (Å²) < 4.78 is 11.0. The normalized spacial score (nSPS) is 11.1. The van der Waals surface area contributed by atoms with Crippen LogP contribution in [0.5, 0.6) is 11.5 Å². The zero-order valence-electron chi connectivity index (χ0n) is 12.7. The molecule has 0 heterocycles. The second-order valence-electron chi connectivity index (χ2n) is 5.07. The molecule has 0 saturated carbocycles. The summed E-state index contributed by atoms with van der Waals surface area (Å²) in [5.41, 5.74) is 5.59. The van der Waals surface area contributed by atoms with Crippen LogP contribution < -0.4 is 20.5 Å². The molecule has 0 aliphatic rings. The van der Waals surface area contributed by atoms with Gasteiger partial charge in [0.1, 0.15) is 11.5 Å². The third-order valence-corrected chi connectivity index (χ3v) is 2.94. The molecule has 112 valence electrons. The number of nitrogens with one attached hydrogen (secondary N) is 1. The predicted molar refractivity (Wildman–Crippen MR) is 80.2 cm³/mol. The van der Waals surface area contributed by atoms with Gasteiger partial charge in [-0.3, -0.25) is 4.79 Å². The van der Waals surface area contributed by atoms with Crippen LogP contribution in [0.3, 0.4) is 0 Å². The molecule has 1 aromatic carbocycles. The second-order valence-corrected chi connectivity index (χ2v) is 5.07. The van der Waals surface area contributed by atoms with Gasteiger partial charge in [0.05, 0.1) is 24.3 Å². The fraction of sp³-hybridized carbons (Fsp3) is 0.533. The fourth-order valence-electron chi connectivity index (χ4n) is 1.53. The smallest absolute Gasteiger partial charge is 0.231 e. The van der Waals surface area contributed by atoms with E-state index in [9.17, 15) is 4.79 Å². The van der Waals surface area contributed by atoms with E-state index in [4.69, 9.17) is 15.2 Å². The molecular formula is C15H24N2O3. The summed E-state index contributed by atoms with van der Waals surface area (Å²) in [4.78, 5) is 12.2. The van der Waals surface area contributed by atoms with E-state index in [1.54, 1.807) is 26.0 Å². The number of hydrogen-bond acceptors (Lipinski definition) is 4. The van der Waals surface area contributed by atoms with Gasteiger partial charge in [-0.1, -0.05) is 0 Å². The molecule has 0 aliphatic carbocycles. The maximum Gasteiger partial charge on any atom is 0.231 e. The molecule has 0 radical (unpaired) electrons. The lowest BCUT2D eigenvalue weighted by molar-refractivity contribution is -0.123. The van der Waals surface area contributed by atoms with Crippen molar-refractivity contribution in [3.05, 3.63) is 18.2 Å². The molecule has 0 unspecified atom stereocenters. The van der Waals surface area contributed by atoms with Gasteiger partial charge in [0, 0.05) is 12.6 Å². The van der Waals surface area contributed by atoms with Crippen molar-refractivity contribution >= 4 is 11.6 Å². The molecule has 1 aromatic rings. The van der Waals surface area contributed by atoms with Crippen molar-refractivity contribution in [2.24, 2.45) is 11.1 Å². The van der Waals surface area contributed by atoms with Crippen molar-refractivity contribution in [2.75, 3.05) is 25.1 Å². The minimum atomic E-state index is -0.634. The van der Waals surface area contributed by atoms with E-state index in [1.807, 2.05) is 19.9 Å². The van der Waals surface area contributed by atoms with Crippen LogP contribution in [0, 0.1) is 5.41 Å². The molecule has 0 aromatic heterocycles. The lowest BCUT2D eigenvalue weighted by atomic mass is 9.92. The van der Waals surface area contributed by atoms with Crippen LogP contribution in [0.4, 0.5) is 5.69 Å². The topological polar surface area (TPSA) is 73.6 Å².